The third-order valence-electron chi connectivity index (χ3n) is 3.57. The van der Waals surface area contributed by atoms with E-state index < -0.39 is 5.54 Å². The number of ether oxygens (including phenoxy) is 2. The van der Waals surface area contributed by atoms with Crippen LogP contribution >= 0.6 is 0 Å². The van der Waals surface area contributed by atoms with Gasteiger partial charge in [0.25, 0.3) is 11.8 Å². The molecule has 0 fully saturated rings. The van der Waals surface area contributed by atoms with Gasteiger partial charge in [0.05, 0.1) is 5.54 Å². The minimum Gasteiger partial charge on any atom is -0.468 e. The molecule has 0 heterocycles. The van der Waals surface area contributed by atoms with E-state index in [-0.39, 0.29) is 18.6 Å². The number of nitrogens with one attached hydrogen (secondary N) is 1. The summed E-state index contributed by atoms with van der Waals surface area (Å²) in [7, 11) is 1.53. The molecule has 138 valence electrons. The number of rotatable bonds is 5. The van der Waals surface area contributed by atoms with E-state index in [1.165, 1.54) is 12.1 Å². The van der Waals surface area contributed by atoms with Gasteiger partial charge in [-0.1, -0.05) is 18.2 Å². The lowest BCUT2D eigenvalue weighted by molar-refractivity contribution is 0.0358. The van der Waals surface area contributed by atoms with Gasteiger partial charge in [-0.2, -0.15) is 0 Å². The van der Waals surface area contributed by atoms with Gasteiger partial charge in [-0.25, -0.2) is 5.01 Å². The fourth-order valence-electron chi connectivity index (χ4n) is 2.23. The molecule has 0 bridgehead atoms. The molecule has 2 rings (SSSR count). The van der Waals surface area contributed by atoms with E-state index in [0.29, 0.717) is 16.9 Å². The molecular weight excluding hydrogens is 332 g/mol. The molecule has 0 aliphatic rings. The van der Waals surface area contributed by atoms with Crippen LogP contribution in [-0.4, -0.2) is 36.3 Å². The number of hydrazine groups is 1. The first kappa shape index (κ1) is 19.5. The Bertz CT molecular complexity index is 737. The van der Waals surface area contributed by atoms with Crippen LogP contribution in [0.1, 0.15) is 41.5 Å². The highest BCUT2D eigenvalue weighted by Crippen LogP contribution is 2.17. The molecule has 0 aromatic heterocycles. The molecule has 0 aliphatic carbocycles. The predicted octanol–water partition coefficient (Wildman–Crippen LogP) is 3.26. The maximum atomic E-state index is 12.8. The Morgan fingerprint density at radius 1 is 0.962 bits per heavy atom. The molecule has 0 aliphatic heterocycles. The van der Waals surface area contributed by atoms with Crippen LogP contribution in [0.3, 0.4) is 0 Å². The molecule has 0 saturated heterocycles. The van der Waals surface area contributed by atoms with Crippen molar-refractivity contribution in [1.82, 2.24) is 10.4 Å². The van der Waals surface area contributed by atoms with Gasteiger partial charge in [0.2, 0.25) is 0 Å². The van der Waals surface area contributed by atoms with Crippen molar-refractivity contribution in [2.24, 2.45) is 0 Å². The molecule has 6 heteroatoms. The lowest BCUT2D eigenvalue weighted by Crippen LogP contribution is -2.55. The number of benzene rings is 2. The number of hydrogen-bond acceptors (Lipinski definition) is 4. The number of hydrogen-bond donors (Lipinski definition) is 1. The maximum absolute atomic E-state index is 12.8. The summed E-state index contributed by atoms with van der Waals surface area (Å²) in [6.07, 6.45) is 0. The molecule has 2 amide bonds. The minimum atomic E-state index is -0.593. The van der Waals surface area contributed by atoms with Crippen LogP contribution in [0.5, 0.6) is 5.75 Å². The van der Waals surface area contributed by atoms with Crippen LogP contribution in [-0.2, 0) is 4.74 Å². The lowest BCUT2D eigenvalue weighted by Gasteiger charge is -2.35. The van der Waals surface area contributed by atoms with Gasteiger partial charge in [-0.05, 0) is 57.2 Å². The Kier molecular flexibility index (Phi) is 6.36. The Labute approximate surface area is 153 Å². The summed E-state index contributed by atoms with van der Waals surface area (Å²) in [5, 5.41) is 1.35. The van der Waals surface area contributed by atoms with Crippen LogP contribution in [0.2, 0.25) is 0 Å². The molecule has 0 unspecified atom stereocenters. The van der Waals surface area contributed by atoms with Crippen molar-refractivity contribution < 1.29 is 19.1 Å². The second kappa shape index (κ2) is 8.49. The Balaban J connectivity index is 2.15. The van der Waals surface area contributed by atoms with E-state index in [2.05, 4.69) is 5.43 Å². The summed E-state index contributed by atoms with van der Waals surface area (Å²) < 4.78 is 10.1. The lowest BCUT2D eigenvalue weighted by atomic mass is 10.1. The third kappa shape index (κ3) is 5.07. The first-order chi connectivity index (χ1) is 12.3. The van der Waals surface area contributed by atoms with Crippen LogP contribution in [0.4, 0.5) is 0 Å². The van der Waals surface area contributed by atoms with E-state index in [1.54, 1.807) is 48.5 Å². The maximum Gasteiger partial charge on any atom is 0.272 e. The number of methoxy groups -OCH3 is 1. The second-order valence-corrected chi connectivity index (χ2v) is 6.69. The molecule has 0 saturated carbocycles. The Hall–Kier alpha value is -2.86. The van der Waals surface area contributed by atoms with Gasteiger partial charge in [-0.3, -0.25) is 15.0 Å². The number of nitrogens with zero attached hydrogens (tertiary/aromatic N) is 1. The van der Waals surface area contributed by atoms with Gasteiger partial charge in [-0.15, -0.1) is 0 Å². The number of carbonyl (C=O) groups excluding carboxylic acids is 2. The van der Waals surface area contributed by atoms with Gasteiger partial charge >= 0.3 is 0 Å². The summed E-state index contributed by atoms with van der Waals surface area (Å²) in [4.78, 5) is 25.4. The standard InChI is InChI=1S/C20H24N2O4/c1-20(2,3)22(19(24)16-8-6-5-7-9-16)21-18(23)15-10-12-17(13-11-15)26-14-25-4/h5-13H,14H2,1-4H3,(H,21,23). The van der Waals surface area contributed by atoms with Crippen molar-refractivity contribution in [3.63, 3.8) is 0 Å². The molecule has 2 aromatic carbocycles. The van der Waals surface area contributed by atoms with Crippen molar-refractivity contribution in [3.05, 3.63) is 65.7 Å². The number of amides is 2. The topological polar surface area (TPSA) is 67.9 Å². The number of carbonyl (C=O) groups is 2. The minimum absolute atomic E-state index is 0.134. The average Bonchev–Trinajstić information content (AvgIpc) is 2.64. The largest absolute Gasteiger partial charge is 0.468 e. The SMILES string of the molecule is COCOc1ccc(C(=O)NN(C(=O)c2ccccc2)C(C)(C)C)cc1. The van der Waals surface area contributed by atoms with E-state index in [1.807, 2.05) is 26.8 Å². The molecule has 0 spiro atoms. The van der Waals surface area contributed by atoms with Crippen molar-refractivity contribution >= 4 is 11.8 Å². The molecular formula is C20H24N2O4. The fourth-order valence-corrected chi connectivity index (χ4v) is 2.23. The first-order valence-corrected chi connectivity index (χ1v) is 8.25. The van der Waals surface area contributed by atoms with E-state index in [4.69, 9.17) is 9.47 Å². The molecule has 2 aromatic rings. The zero-order valence-corrected chi connectivity index (χ0v) is 15.5. The first-order valence-electron chi connectivity index (χ1n) is 8.25. The van der Waals surface area contributed by atoms with E-state index in [0.717, 1.165) is 0 Å². The summed E-state index contributed by atoms with van der Waals surface area (Å²) in [6, 6.07) is 15.5. The second-order valence-electron chi connectivity index (χ2n) is 6.69. The zero-order chi connectivity index (χ0) is 19.2. The third-order valence-corrected chi connectivity index (χ3v) is 3.57. The van der Waals surface area contributed by atoms with Crippen LogP contribution < -0.4 is 10.2 Å². The van der Waals surface area contributed by atoms with Crippen LogP contribution in [0, 0.1) is 0 Å². The van der Waals surface area contributed by atoms with Gasteiger partial charge in [0, 0.05) is 18.2 Å². The summed E-state index contributed by atoms with van der Waals surface area (Å²) in [5.74, 6) is -0.0505. The average molecular weight is 356 g/mol. The molecule has 26 heavy (non-hydrogen) atoms. The Morgan fingerprint density at radius 2 is 1.58 bits per heavy atom. The van der Waals surface area contributed by atoms with Crippen molar-refractivity contribution in [3.8, 4) is 5.75 Å². The molecule has 0 radical (unpaired) electrons. The van der Waals surface area contributed by atoms with Gasteiger partial charge in [0.1, 0.15) is 5.75 Å². The smallest absolute Gasteiger partial charge is 0.272 e. The highest BCUT2D eigenvalue weighted by Gasteiger charge is 2.29. The summed E-state index contributed by atoms with van der Waals surface area (Å²) in [5.41, 5.74) is 3.05. The molecule has 1 N–H and O–H groups in total. The van der Waals surface area contributed by atoms with Gasteiger partial charge in [0.15, 0.2) is 6.79 Å². The Morgan fingerprint density at radius 3 is 2.12 bits per heavy atom. The van der Waals surface area contributed by atoms with E-state index in [9.17, 15) is 9.59 Å². The predicted molar refractivity (Wildman–Crippen MR) is 98.8 cm³/mol. The summed E-state index contributed by atoms with van der Waals surface area (Å²) >= 11 is 0. The summed E-state index contributed by atoms with van der Waals surface area (Å²) in [6.45, 7) is 5.70. The van der Waals surface area contributed by atoms with Crippen LogP contribution in [0.15, 0.2) is 54.6 Å². The monoisotopic (exact) mass is 356 g/mol. The van der Waals surface area contributed by atoms with Gasteiger partial charge < -0.3 is 9.47 Å². The normalized spacial score (nSPS) is 10.9. The quantitative estimate of drug-likeness (QED) is 0.660. The van der Waals surface area contributed by atoms with Crippen molar-refractivity contribution in [2.75, 3.05) is 13.9 Å². The highest BCUT2D eigenvalue weighted by atomic mass is 16.7. The van der Waals surface area contributed by atoms with Crippen LogP contribution in [0.25, 0.3) is 0 Å². The zero-order valence-electron chi connectivity index (χ0n) is 15.5. The molecule has 0 atom stereocenters. The molecule has 6 nitrogen and oxygen atoms in total. The van der Waals surface area contributed by atoms with Crippen molar-refractivity contribution in [2.45, 2.75) is 26.3 Å². The van der Waals surface area contributed by atoms with E-state index >= 15 is 0 Å². The highest BCUT2D eigenvalue weighted by molar-refractivity contribution is 5.99. The fraction of sp³-hybridized carbons (Fsp3) is 0.300. The van der Waals surface area contributed by atoms with Crippen molar-refractivity contribution in [1.29, 1.82) is 0 Å².